The number of ether oxygens (including phenoxy) is 1. The van der Waals surface area contributed by atoms with Crippen LogP contribution in [0.15, 0.2) is 17.0 Å². The van der Waals surface area contributed by atoms with Crippen molar-refractivity contribution >= 4 is 10.0 Å². The fourth-order valence-electron chi connectivity index (χ4n) is 2.87. The van der Waals surface area contributed by atoms with E-state index in [2.05, 4.69) is 0 Å². The van der Waals surface area contributed by atoms with Gasteiger partial charge in [0.1, 0.15) is 5.75 Å². The molecule has 0 unspecified atom stereocenters. The molecule has 1 aromatic carbocycles. The maximum atomic E-state index is 12.9. The Morgan fingerprint density at radius 2 is 1.90 bits per heavy atom. The van der Waals surface area contributed by atoms with E-state index in [0.717, 1.165) is 30.4 Å². The summed E-state index contributed by atoms with van der Waals surface area (Å²) in [7, 11) is -1.87. The van der Waals surface area contributed by atoms with E-state index in [1.165, 1.54) is 0 Å². The van der Waals surface area contributed by atoms with E-state index < -0.39 is 10.0 Å². The number of aryl methyl sites for hydroxylation is 2. The van der Waals surface area contributed by atoms with Crippen LogP contribution in [0.3, 0.4) is 0 Å². The Morgan fingerprint density at radius 1 is 1.20 bits per heavy atom. The molecule has 0 bridgehead atoms. The highest BCUT2D eigenvalue weighted by Gasteiger charge is 2.32. The molecule has 1 aliphatic heterocycles. The molecular formula is C15H23NO3S. The van der Waals surface area contributed by atoms with E-state index in [0.29, 0.717) is 17.2 Å². The maximum absolute atomic E-state index is 12.9. The van der Waals surface area contributed by atoms with Crippen molar-refractivity contribution in [2.24, 2.45) is 0 Å². The Morgan fingerprint density at radius 3 is 2.50 bits per heavy atom. The number of nitrogens with zero attached hydrogens (tertiary/aromatic N) is 1. The molecule has 1 saturated heterocycles. The van der Waals surface area contributed by atoms with Crippen LogP contribution in [-0.2, 0) is 10.0 Å². The SMILES string of the molecule is COc1cc(S(=O)(=O)N2CCCC[C@@H]2C)c(C)cc1C. The van der Waals surface area contributed by atoms with Crippen molar-refractivity contribution in [3.8, 4) is 5.75 Å². The molecule has 4 nitrogen and oxygen atoms in total. The molecule has 0 radical (unpaired) electrons. The summed E-state index contributed by atoms with van der Waals surface area (Å²) in [4.78, 5) is 0.369. The number of hydrogen-bond acceptors (Lipinski definition) is 3. The van der Waals surface area contributed by atoms with Gasteiger partial charge < -0.3 is 4.74 Å². The summed E-state index contributed by atoms with van der Waals surface area (Å²) in [5, 5.41) is 0. The van der Waals surface area contributed by atoms with E-state index >= 15 is 0 Å². The molecule has 1 atom stereocenters. The highest BCUT2D eigenvalue weighted by Crippen LogP contribution is 2.31. The summed E-state index contributed by atoms with van der Waals surface area (Å²) in [5.74, 6) is 0.624. The lowest BCUT2D eigenvalue weighted by atomic mass is 10.1. The van der Waals surface area contributed by atoms with E-state index in [1.54, 1.807) is 17.5 Å². The van der Waals surface area contributed by atoms with Crippen molar-refractivity contribution in [2.75, 3.05) is 13.7 Å². The monoisotopic (exact) mass is 297 g/mol. The van der Waals surface area contributed by atoms with Crippen molar-refractivity contribution in [1.82, 2.24) is 4.31 Å². The summed E-state index contributed by atoms with van der Waals surface area (Å²) in [5.41, 5.74) is 1.73. The maximum Gasteiger partial charge on any atom is 0.243 e. The third-order valence-electron chi connectivity index (χ3n) is 4.02. The number of hydrogen-bond donors (Lipinski definition) is 0. The number of rotatable bonds is 3. The molecule has 0 saturated carbocycles. The average molecular weight is 297 g/mol. The van der Waals surface area contributed by atoms with Crippen molar-refractivity contribution < 1.29 is 13.2 Å². The first-order valence-corrected chi connectivity index (χ1v) is 8.49. The molecule has 1 aliphatic rings. The van der Waals surface area contributed by atoms with Gasteiger partial charge in [-0.1, -0.05) is 12.5 Å². The van der Waals surface area contributed by atoms with E-state index in [4.69, 9.17) is 4.74 Å². The van der Waals surface area contributed by atoms with Crippen LogP contribution in [0.5, 0.6) is 5.75 Å². The van der Waals surface area contributed by atoms with Crippen molar-refractivity contribution in [3.63, 3.8) is 0 Å². The molecule has 1 heterocycles. The Bertz CT molecular complexity index is 595. The van der Waals surface area contributed by atoms with Crippen LogP contribution < -0.4 is 4.74 Å². The lowest BCUT2D eigenvalue weighted by molar-refractivity contribution is 0.268. The van der Waals surface area contributed by atoms with Gasteiger partial charge in [0.15, 0.2) is 0 Å². The molecule has 0 spiro atoms. The largest absolute Gasteiger partial charge is 0.496 e. The van der Waals surface area contributed by atoms with Gasteiger partial charge in [-0.15, -0.1) is 0 Å². The molecule has 20 heavy (non-hydrogen) atoms. The Balaban J connectivity index is 2.48. The molecular weight excluding hydrogens is 274 g/mol. The number of sulfonamides is 1. The Labute approximate surface area is 121 Å². The van der Waals surface area contributed by atoms with Gasteiger partial charge in [0.25, 0.3) is 0 Å². The predicted octanol–water partition coefficient (Wildman–Crippen LogP) is 2.88. The molecule has 0 N–H and O–H groups in total. The van der Waals surface area contributed by atoms with E-state index in [1.807, 2.05) is 26.8 Å². The molecule has 0 amide bonds. The van der Waals surface area contributed by atoms with Crippen LogP contribution in [0.2, 0.25) is 0 Å². The fraction of sp³-hybridized carbons (Fsp3) is 0.600. The van der Waals surface area contributed by atoms with Crippen LogP contribution in [0, 0.1) is 13.8 Å². The average Bonchev–Trinajstić information content (AvgIpc) is 2.38. The summed E-state index contributed by atoms with van der Waals surface area (Å²) >= 11 is 0. The third-order valence-corrected chi connectivity index (χ3v) is 6.18. The smallest absolute Gasteiger partial charge is 0.243 e. The summed E-state index contributed by atoms with van der Waals surface area (Å²) in [6, 6.07) is 3.60. The first-order valence-electron chi connectivity index (χ1n) is 7.05. The zero-order valence-corrected chi connectivity index (χ0v) is 13.5. The lowest BCUT2D eigenvalue weighted by Crippen LogP contribution is -2.42. The normalized spacial score (nSPS) is 20.9. The second-order valence-electron chi connectivity index (χ2n) is 5.55. The summed E-state index contributed by atoms with van der Waals surface area (Å²) in [6.07, 6.45) is 2.97. The van der Waals surface area contributed by atoms with Crippen LogP contribution >= 0.6 is 0 Å². The zero-order chi connectivity index (χ0) is 14.9. The van der Waals surface area contributed by atoms with Gasteiger partial charge in [-0.2, -0.15) is 4.31 Å². The molecule has 1 fully saturated rings. The third kappa shape index (κ3) is 2.69. The second-order valence-corrected chi connectivity index (χ2v) is 7.41. The van der Waals surface area contributed by atoms with Crippen LogP contribution in [0.1, 0.15) is 37.3 Å². The highest BCUT2D eigenvalue weighted by atomic mass is 32.2. The summed E-state index contributed by atoms with van der Waals surface area (Å²) < 4.78 is 32.6. The number of piperidine rings is 1. The summed E-state index contributed by atoms with van der Waals surface area (Å²) in [6.45, 7) is 6.36. The van der Waals surface area contributed by atoms with Crippen molar-refractivity contribution in [2.45, 2.75) is 51.0 Å². The van der Waals surface area contributed by atoms with Gasteiger partial charge in [0.05, 0.1) is 12.0 Å². The molecule has 112 valence electrons. The Hall–Kier alpha value is -1.07. The topological polar surface area (TPSA) is 46.6 Å². The van der Waals surface area contributed by atoms with Gasteiger partial charge in [0, 0.05) is 18.7 Å². The molecule has 2 rings (SSSR count). The van der Waals surface area contributed by atoms with Crippen LogP contribution in [0.25, 0.3) is 0 Å². The van der Waals surface area contributed by atoms with Gasteiger partial charge in [-0.25, -0.2) is 8.42 Å². The minimum absolute atomic E-state index is 0.0699. The first kappa shape index (κ1) is 15.3. The second kappa shape index (κ2) is 5.74. The zero-order valence-electron chi connectivity index (χ0n) is 12.6. The molecule has 1 aromatic rings. The minimum Gasteiger partial charge on any atom is -0.496 e. The van der Waals surface area contributed by atoms with Gasteiger partial charge in [-0.05, 0) is 44.7 Å². The number of methoxy groups -OCH3 is 1. The van der Waals surface area contributed by atoms with Gasteiger partial charge >= 0.3 is 0 Å². The minimum atomic E-state index is -3.44. The quantitative estimate of drug-likeness (QED) is 0.862. The Kier molecular flexibility index (Phi) is 4.39. The lowest BCUT2D eigenvalue weighted by Gasteiger charge is -2.32. The van der Waals surface area contributed by atoms with E-state index in [9.17, 15) is 8.42 Å². The van der Waals surface area contributed by atoms with Crippen LogP contribution in [-0.4, -0.2) is 32.4 Å². The van der Waals surface area contributed by atoms with E-state index in [-0.39, 0.29) is 6.04 Å². The molecule has 5 heteroatoms. The standard InChI is InChI=1S/C15H23NO3S/c1-11-9-12(2)15(10-14(11)19-4)20(17,18)16-8-6-5-7-13(16)3/h9-10,13H,5-8H2,1-4H3/t13-/m0/s1. The van der Waals surface area contributed by atoms with Crippen molar-refractivity contribution in [1.29, 1.82) is 0 Å². The van der Waals surface area contributed by atoms with Crippen molar-refractivity contribution in [3.05, 3.63) is 23.3 Å². The van der Waals surface area contributed by atoms with Gasteiger partial charge in [-0.3, -0.25) is 0 Å². The number of benzene rings is 1. The highest BCUT2D eigenvalue weighted by molar-refractivity contribution is 7.89. The van der Waals surface area contributed by atoms with Crippen LogP contribution in [0.4, 0.5) is 0 Å². The fourth-order valence-corrected chi connectivity index (χ4v) is 4.79. The predicted molar refractivity (Wildman–Crippen MR) is 79.7 cm³/mol. The first-order chi connectivity index (χ1) is 9.37. The molecule has 0 aliphatic carbocycles. The van der Waals surface area contributed by atoms with Gasteiger partial charge in [0.2, 0.25) is 10.0 Å². The molecule has 0 aromatic heterocycles.